The van der Waals surface area contributed by atoms with Crippen molar-refractivity contribution in [3.05, 3.63) is 53.6 Å². The highest BCUT2D eigenvalue weighted by Crippen LogP contribution is 2.26. The topological polar surface area (TPSA) is 99.6 Å². The third kappa shape index (κ3) is 4.71. The highest BCUT2D eigenvalue weighted by atomic mass is 35.5. The van der Waals surface area contributed by atoms with Crippen molar-refractivity contribution >= 4 is 41.0 Å². The van der Waals surface area contributed by atoms with Crippen molar-refractivity contribution in [1.29, 1.82) is 0 Å². The molecule has 0 bridgehead atoms. The molecular formula is C15H13ClN6OS2. The Hall–Kier alpha value is -2.10. The van der Waals surface area contributed by atoms with E-state index in [1.807, 2.05) is 16.7 Å². The van der Waals surface area contributed by atoms with Crippen LogP contribution in [0.25, 0.3) is 5.69 Å². The maximum absolute atomic E-state index is 11.1. The second-order valence-corrected chi connectivity index (χ2v) is 7.11. The number of benzene rings is 1. The van der Waals surface area contributed by atoms with E-state index in [0.29, 0.717) is 26.9 Å². The summed E-state index contributed by atoms with van der Waals surface area (Å²) < 4.78 is 1.87. The van der Waals surface area contributed by atoms with Gasteiger partial charge in [0.1, 0.15) is 5.82 Å². The van der Waals surface area contributed by atoms with Crippen LogP contribution in [0.3, 0.4) is 0 Å². The Kier molecular flexibility index (Phi) is 5.90. The van der Waals surface area contributed by atoms with Crippen LogP contribution in [0.2, 0.25) is 5.02 Å². The first kappa shape index (κ1) is 17.7. The monoisotopic (exact) mass is 392 g/mol. The van der Waals surface area contributed by atoms with Crippen molar-refractivity contribution in [3.8, 4) is 5.69 Å². The molecule has 128 valence electrons. The van der Waals surface area contributed by atoms with Crippen molar-refractivity contribution in [3.63, 3.8) is 0 Å². The number of carbonyl (C=O) groups excluding carboxylic acids is 1. The van der Waals surface area contributed by atoms with E-state index in [9.17, 15) is 4.79 Å². The van der Waals surface area contributed by atoms with Crippen molar-refractivity contribution in [2.24, 2.45) is 5.73 Å². The summed E-state index contributed by atoms with van der Waals surface area (Å²) in [6.07, 6.45) is 3.38. The molecule has 0 aliphatic carbocycles. The summed E-state index contributed by atoms with van der Waals surface area (Å²) in [7, 11) is 0. The molecule has 3 rings (SSSR count). The van der Waals surface area contributed by atoms with Crippen molar-refractivity contribution in [2.75, 3.05) is 5.75 Å². The molecule has 0 atom stereocenters. The molecule has 0 saturated carbocycles. The molecule has 2 heterocycles. The average Bonchev–Trinajstić information content (AvgIpc) is 3.02. The molecule has 7 nitrogen and oxygen atoms in total. The lowest BCUT2D eigenvalue weighted by Crippen LogP contribution is -2.13. The van der Waals surface area contributed by atoms with Gasteiger partial charge in [-0.25, -0.2) is 9.97 Å². The van der Waals surface area contributed by atoms with Crippen molar-refractivity contribution in [1.82, 2.24) is 24.7 Å². The minimum atomic E-state index is -0.413. The van der Waals surface area contributed by atoms with E-state index in [2.05, 4.69) is 20.2 Å². The lowest BCUT2D eigenvalue weighted by atomic mass is 10.3. The molecule has 1 aromatic carbocycles. The van der Waals surface area contributed by atoms with Crippen LogP contribution < -0.4 is 5.73 Å². The first-order valence-electron chi connectivity index (χ1n) is 7.14. The minimum Gasteiger partial charge on any atom is -0.369 e. The molecule has 1 amide bonds. The molecule has 0 spiro atoms. The number of carbonyl (C=O) groups is 1. The number of primary amides is 1. The van der Waals surface area contributed by atoms with Gasteiger partial charge in [0.2, 0.25) is 5.91 Å². The van der Waals surface area contributed by atoms with E-state index in [-0.39, 0.29) is 5.75 Å². The number of amides is 1. The Bertz CT molecular complexity index is 856. The molecule has 0 unspecified atom stereocenters. The van der Waals surface area contributed by atoms with E-state index >= 15 is 0 Å². The minimum absolute atomic E-state index is 0.126. The molecule has 2 aromatic heterocycles. The summed E-state index contributed by atoms with van der Waals surface area (Å²) in [4.78, 5) is 19.5. The quantitative estimate of drug-likeness (QED) is 0.487. The van der Waals surface area contributed by atoms with E-state index in [0.717, 1.165) is 5.69 Å². The van der Waals surface area contributed by atoms with Crippen LogP contribution in [0, 0.1) is 0 Å². The van der Waals surface area contributed by atoms with Crippen molar-refractivity contribution in [2.45, 2.75) is 16.1 Å². The lowest BCUT2D eigenvalue weighted by molar-refractivity contribution is -0.115. The molecule has 0 aliphatic rings. The number of hydrogen-bond donors (Lipinski definition) is 1. The summed E-state index contributed by atoms with van der Waals surface area (Å²) in [5, 5.41) is 10.3. The van der Waals surface area contributed by atoms with E-state index < -0.39 is 5.91 Å². The third-order valence-corrected chi connectivity index (χ3v) is 5.08. The number of nitrogens with zero attached hydrogens (tertiary/aromatic N) is 5. The zero-order chi connectivity index (χ0) is 17.6. The van der Waals surface area contributed by atoms with Crippen LogP contribution in [0.1, 0.15) is 5.82 Å². The standard InChI is InChI=1S/C15H13ClN6OS2/c16-10-2-4-11(5-3-10)22-13(9-24-14-18-6-1-7-19-14)20-21-15(22)25-8-12(17)23/h1-7H,8-9H2,(H2,17,23). The lowest BCUT2D eigenvalue weighted by Gasteiger charge is -2.09. The molecule has 0 aliphatic heterocycles. The fourth-order valence-corrected chi connectivity index (χ4v) is 3.51. The molecule has 2 N–H and O–H groups in total. The molecule has 0 radical (unpaired) electrons. The van der Waals surface area contributed by atoms with Gasteiger partial charge in [-0.3, -0.25) is 9.36 Å². The number of thioether (sulfide) groups is 2. The number of halogens is 1. The van der Waals surface area contributed by atoms with E-state index in [1.54, 1.807) is 30.6 Å². The van der Waals surface area contributed by atoms with Crippen LogP contribution in [0.4, 0.5) is 0 Å². The van der Waals surface area contributed by atoms with Crippen LogP contribution in [0.15, 0.2) is 53.0 Å². The van der Waals surface area contributed by atoms with Crippen molar-refractivity contribution < 1.29 is 4.79 Å². The van der Waals surface area contributed by atoms with Crippen LogP contribution in [0.5, 0.6) is 0 Å². The van der Waals surface area contributed by atoms with Gasteiger partial charge >= 0.3 is 0 Å². The van der Waals surface area contributed by atoms with E-state index in [1.165, 1.54) is 23.5 Å². The largest absolute Gasteiger partial charge is 0.369 e. The first-order chi connectivity index (χ1) is 12.1. The molecule has 25 heavy (non-hydrogen) atoms. The van der Waals surface area contributed by atoms with Gasteiger partial charge in [-0.15, -0.1) is 10.2 Å². The van der Waals surface area contributed by atoms with Gasteiger partial charge in [0, 0.05) is 23.1 Å². The predicted molar refractivity (Wildman–Crippen MR) is 97.9 cm³/mol. The Balaban J connectivity index is 1.88. The first-order valence-corrected chi connectivity index (χ1v) is 9.49. The number of aromatic nitrogens is 5. The summed E-state index contributed by atoms with van der Waals surface area (Å²) in [6, 6.07) is 9.08. The average molecular weight is 393 g/mol. The molecule has 3 aromatic rings. The van der Waals surface area contributed by atoms with E-state index in [4.69, 9.17) is 17.3 Å². The number of hydrogen-bond acceptors (Lipinski definition) is 7. The zero-order valence-electron chi connectivity index (χ0n) is 12.9. The highest BCUT2D eigenvalue weighted by Gasteiger charge is 2.16. The summed E-state index contributed by atoms with van der Waals surface area (Å²) >= 11 is 8.66. The molecule has 0 fully saturated rings. The summed E-state index contributed by atoms with van der Waals surface area (Å²) in [5.74, 6) is 0.952. The van der Waals surface area contributed by atoms with Gasteiger partial charge in [-0.05, 0) is 30.3 Å². The predicted octanol–water partition coefficient (Wildman–Crippen LogP) is 2.58. The second kappa shape index (κ2) is 8.32. The van der Waals surface area contributed by atoms with Gasteiger partial charge in [0.25, 0.3) is 0 Å². The Labute approximate surface area is 157 Å². The maximum Gasteiger partial charge on any atom is 0.227 e. The Morgan fingerprint density at radius 1 is 1.12 bits per heavy atom. The normalized spacial score (nSPS) is 10.8. The van der Waals surface area contributed by atoms with Gasteiger partial charge in [0.15, 0.2) is 10.3 Å². The Morgan fingerprint density at radius 2 is 1.84 bits per heavy atom. The van der Waals surface area contributed by atoms with Crippen LogP contribution >= 0.6 is 35.1 Å². The number of nitrogens with two attached hydrogens (primary N) is 1. The zero-order valence-corrected chi connectivity index (χ0v) is 15.3. The van der Waals surface area contributed by atoms with Gasteiger partial charge in [0.05, 0.1) is 11.5 Å². The van der Waals surface area contributed by atoms with Crippen LogP contribution in [-0.4, -0.2) is 36.4 Å². The number of rotatable bonds is 7. The van der Waals surface area contributed by atoms with Crippen LogP contribution in [-0.2, 0) is 10.5 Å². The Morgan fingerprint density at radius 3 is 2.52 bits per heavy atom. The third-order valence-electron chi connectivity index (χ3n) is 3.00. The molecule has 0 saturated heterocycles. The van der Waals surface area contributed by atoms with Gasteiger partial charge in [-0.1, -0.05) is 35.1 Å². The highest BCUT2D eigenvalue weighted by molar-refractivity contribution is 7.99. The summed E-state index contributed by atoms with van der Waals surface area (Å²) in [5.41, 5.74) is 6.09. The SMILES string of the molecule is NC(=O)CSc1nnc(CSc2ncccn2)n1-c1ccc(Cl)cc1. The fourth-order valence-electron chi connectivity index (χ4n) is 1.96. The van der Waals surface area contributed by atoms with Gasteiger partial charge in [-0.2, -0.15) is 0 Å². The van der Waals surface area contributed by atoms with Gasteiger partial charge < -0.3 is 5.73 Å². The second-order valence-electron chi connectivity index (χ2n) is 4.79. The summed E-state index contributed by atoms with van der Waals surface area (Å²) in [6.45, 7) is 0. The molecule has 10 heteroatoms. The fraction of sp³-hybridized carbons (Fsp3) is 0.133. The smallest absolute Gasteiger partial charge is 0.227 e. The maximum atomic E-state index is 11.1. The molecular weight excluding hydrogens is 380 g/mol.